The maximum atomic E-state index is 13.5. The number of nitrogens with zero attached hydrogens (tertiary/aromatic N) is 3. The quantitative estimate of drug-likeness (QED) is 0.577. The van der Waals surface area contributed by atoms with Crippen LogP contribution in [-0.2, 0) is 4.79 Å². The summed E-state index contributed by atoms with van der Waals surface area (Å²) in [5.74, 6) is -0.755. The summed E-state index contributed by atoms with van der Waals surface area (Å²) in [4.78, 5) is 21.3. The number of carbonyl (C=O) groups is 1. The van der Waals surface area contributed by atoms with Crippen molar-refractivity contribution in [1.82, 2.24) is 15.3 Å². The van der Waals surface area contributed by atoms with Gasteiger partial charge in [0.25, 0.3) is 0 Å². The highest BCUT2D eigenvalue weighted by Crippen LogP contribution is 2.37. The first-order valence-electron chi connectivity index (χ1n) is 9.08. The van der Waals surface area contributed by atoms with Gasteiger partial charge in [-0.25, -0.2) is 9.97 Å². The van der Waals surface area contributed by atoms with Gasteiger partial charge in [0.1, 0.15) is 17.0 Å². The molecule has 5 nitrogen and oxygen atoms in total. The fraction of sp³-hybridized carbons (Fsp3) is 0.706. The van der Waals surface area contributed by atoms with Crippen LogP contribution in [0.5, 0.6) is 0 Å². The van der Waals surface area contributed by atoms with Crippen LogP contribution in [0, 0.1) is 5.92 Å². The second kappa shape index (κ2) is 8.39. The number of hydrogen-bond acceptors (Lipinski definition) is 4. The van der Waals surface area contributed by atoms with Crippen molar-refractivity contribution < 1.29 is 18.0 Å². The summed E-state index contributed by atoms with van der Waals surface area (Å²) in [5, 5.41) is 2.73. The molecule has 150 valence electrons. The van der Waals surface area contributed by atoms with Crippen LogP contribution in [0.1, 0.15) is 44.9 Å². The van der Waals surface area contributed by atoms with Crippen LogP contribution in [0.3, 0.4) is 0 Å². The van der Waals surface area contributed by atoms with Crippen molar-refractivity contribution in [1.29, 1.82) is 0 Å². The molecule has 2 fully saturated rings. The Morgan fingerprint density at radius 1 is 1.11 bits per heavy atom. The molecule has 10 heteroatoms. The van der Waals surface area contributed by atoms with Crippen molar-refractivity contribution in [3.8, 4) is 0 Å². The lowest BCUT2D eigenvalue weighted by atomic mass is 9.90. The van der Waals surface area contributed by atoms with E-state index in [1.165, 1.54) is 6.07 Å². The van der Waals surface area contributed by atoms with Crippen LogP contribution in [0.2, 0.25) is 10.4 Å². The highest BCUT2D eigenvalue weighted by atomic mass is 35.5. The molecular weight excluding hydrogens is 404 g/mol. The second-order valence-electron chi connectivity index (χ2n) is 7.15. The highest BCUT2D eigenvalue weighted by molar-refractivity contribution is 6.32. The minimum absolute atomic E-state index is 0.0162. The molecule has 2 atom stereocenters. The van der Waals surface area contributed by atoms with Crippen LogP contribution in [-0.4, -0.2) is 40.7 Å². The molecule has 1 aliphatic carbocycles. The zero-order valence-electron chi connectivity index (χ0n) is 14.6. The predicted molar refractivity (Wildman–Crippen MR) is 97.0 cm³/mol. The molecule has 1 aromatic rings. The third kappa shape index (κ3) is 5.16. The molecule has 0 radical (unpaired) electrons. The molecule has 3 rings (SSSR count). The lowest BCUT2D eigenvalue weighted by molar-refractivity contribution is -0.156. The number of halogens is 5. The molecule has 1 aliphatic heterocycles. The molecule has 1 aromatic heterocycles. The first kappa shape index (κ1) is 20.5. The van der Waals surface area contributed by atoms with Gasteiger partial charge in [-0.3, -0.25) is 4.79 Å². The van der Waals surface area contributed by atoms with E-state index in [0.29, 0.717) is 0 Å². The Morgan fingerprint density at radius 3 is 2.44 bits per heavy atom. The molecule has 2 aliphatic rings. The van der Waals surface area contributed by atoms with Crippen molar-refractivity contribution in [2.45, 2.75) is 63.2 Å². The van der Waals surface area contributed by atoms with E-state index < -0.39 is 18.1 Å². The smallest absolute Gasteiger partial charge is 0.353 e. The third-order valence-electron chi connectivity index (χ3n) is 5.23. The number of nitrogens with one attached hydrogen (secondary N) is 1. The molecule has 0 bridgehead atoms. The molecule has 1 saturated carbocycles. The zero-order chi connectivity index (χ0) is 19.6. The molecule has 1 amide bonds. The lowest BCUT2D eigenvalue weighted by Gasteiger charge is -2.41. The van der Waals surface area contributed by atoms with Gasteiger partial charge in [0, 0.05) is 18.7 Å². The Morgan fingerprint density at radius 2 is 1.81 bits per heavy atom. The average molecular weight is 425 g/mol. The van der Waals surface area contributed by atoms with Crippen molar-refractivity contribution in [3.05, 3.63) is 16.5 Å². The topological polar surface area (TPSA) is 58.1 Å². The molecule has 0 aromatic carbocycles. The van der Waals surface area contributed by atoms with Gasteiger partial charge in [-0.1, -0.05) is 30.9 Å². The highest BCUT2D eigenvalue weighted by Gasteiger charge is 2.48. The van der Waals surface area contributed by atoms with Gasteiger partial charge >= 0.3 is 6.18 Å². The largest absolute Gasteiger partial charge is 0.408 e. The van der Waals surface area contributed by atoms with Gasteiger partial charge in [0.2, 0.25) is 11.2 Å². The summed E-state index contributed by atoms with van der Waals surface area (Å²) < 4.78 is 40.6. The number of alkyl halides is 3. The lowest BCUT2D eigenvalue weighted by Crippen LogP contribution is -2.55. The van der Waals surface area contributed by atoms with Crippen molar-refractivity contribution in [2.75, 3.05) is 11.4 Å². The molecule has 1 saturated heterocycles. The Hall–Kier alpha value is -1.28. The standard InChI is InChI=1S/C17H21Cl2F3N4O/c18-13-8-14(25-16(19)24-13)26-9-10(6-7-12(26)17(20,21)22)15(27)23-11-4-2-1-3-5-11/h8,10-12H,1-7,9H2,(H,23,27). The van der Waals surface area contributed by atoms with E-state index in [1.807, 2.05) is 0 Å². The Labute approximate surface area is 165 Å². The molecule has 0 spiro atoms. The second-order valence-corrected chi connectivity index (χ2v) is 7.87. The SMILES string of the molecule is O=C(NC1CCCCC1)C1CCC(C(F)(F)F)N(c2cc(Cl)nc(Cl)n2)C1. The van der Waals surface area contributed by atoms with Gasteiger partial charge in [-0.2, -0.15) is 13.2 Å². The van der Waals surface area contributed by atoms with E-state index in [0.717, 1.165) is 37.0 Å². The minimum atomic E-state index is -4.45. The fourth-order valence-electron chi connectivity index (χ4n) is 3.87. The monoisotopic (exact) mass is 424 g/mol. The summed E-state index contributed by atoms with van der Waals surface area (Å²) >= 11 is 11.6. The summed E-state index contributed by atoms with van der Waals surface area (Å²) in [7, 11) is 0. The summed E-state index contributed by atoms with van der Waals surface area (Å²) in [6.45, 7) is -0.0909. The molecular formula is C17H21Cl2F3N4O. The van der Waals surface area contributed by atoms with E-state index in [1.54, 1.807) is 0 Å². The first-order chi connectivity index (χ1) is 12.7. The predicted octanol–water partition coefficient (Wildman–Crippen LogP) is 4.38. The molecule has 1 N–H and O–H groups in total. The Bertz CT molecular complexity index is 662. The average Bonchev–Trinajstić information content (AvgIpc) is 2.60. The number of rotatable bonds is 3. The summed E-state index contributed by atoms with van der Waals surface area (Å²) in [6.07, 6.45) is 0.665. The normalized spacial score (nSPS) is 24.7. The van der Waals surface area contributed by atoms with Crippen LogP contribution in [0.4, 0.5) is 19.0 Å². The fourth-order valence-corrected chi connectivity index (χ4v) is 4.27. The molecule has 2 heterocycles. The van der Waals surface area contributed by atoms with E-state index in [2.05, 4.69) is 15.3 Å². The van der Waals surface area contributed by atoms with Gasteiger partial charge in [-0.05, 0) is 37.3 Å². The maximum Gasteiger partial charge on any atom is 0.408 e. The number of hydrogen-bond donors (Lipinski definition) is 1. The van der Waals surface area contributed by atoms with Gasteiger partial charge in [0.05, 0.1) is 5.92 Å². The van der Waals surface area contributed by atoms with Gasteiger partial charge in [0.15, 0.2) is 0 Å². The minimum Gasteiger partial charge on any atom is -0.353 e. The van der Waals surface area contributed by atoms with Crippen molar-refractivity contribution in [2.24, 2.45) is 5.92 Å². The van der Waals surface area contributed by atoms with Crippen LogP contribution < -0.4 is 10.2 Å². The third-order valence-corrected chi connectivity index (χ3v) is 5.59. The number of carbonyl (C=O) groups excluding carboxylic acids is 1. The van der Waals surface area contributed by atoms with Crippen LogP contribution >= 0.6 is 23.2 Å². The van der Waals surface area contributed by atoms with E-state index in [9.17, 15) is 18.0 Å². The number of amides is 1. The number of piperidine rings is 1. The van der Waals surface area contributed by atoms with Crippen molar-refractivity contribution >= 4 is 34.9 Å². The number of aromatic nitrogens is 2. The van der Waals surface area contributed by atoms with Gasteiger partial charge in [-0.15, -0.1) is 0 Å². The first-order valence-corrected chi connectivity index (χ1v) is 9.83. The molecule has 2 unspecified atom stereocenters. The summed E-state index contributed by atoms with van der Waals surface area (Å²) in [6, 6.07) is -0.380. The van der Waals surface area contributed by atoms with Crippen LogP contribution in [0.25, 0.3) is 0 Å². The van der Waals surface area contributed by atoms with E-state index in [-0.39, 0.29) is 47.6 Å². The Kier molecular flexibility index (Phi) is 6.35. The molecule has 27 heavy (non-hydrogen) atoms. The van der Waals surface area contributed by atoms with Crippen molar-refractivity contribution in [3.63, 3.8) is 0 Å². The van der Waals surface area contributed by atoms with Crippen LogP contribution in [0.15, 0.2) is 6.07 Å². The number of anilines is 1. The Balaban J connectivity index is 1.77. The maximum absolute atomic E-state index is 13.5. The van der Waals surface area contributed by atoms with Gasteiger partial charge < -0.3 is 10.2 Å². The van der Waals surface area contributed by atoms with E-state index in [4.69, 9.17) is 23.2 Å². The summed E-state index contributed by atoms with van der Waals surface area (Å²) in [5.41, 5.74) is 0. The zero-order valence-corrected chi connectivity index (χ0v) is 16.1. The van der Waals surface area contributed by atoms with E-state index >= 15 is 0 Å².